The maximum atomic E-state index is 12.9. The topological polar surface area (TPSA) is 108 Å². The van der Waals surface area contributed by atoms with E-state index in [-0.39, 0.29) is 29.5 Å². The van der Waals surface area contributed by atoms with Gasteiger partial charge in [-0.15, -0.1) is 0 Å². The Morgan fingerprint density at radius 1 is 1.12 bits per heavy atom. The molecule has 2 unspecified atom stereocenters. The number of nitro groups is 1. The molecular weight excluding hydrogens is 326 g/mol. The number of nitrogens with zero attached hydrogens (tertiary/aromatic N) is 3. The third-order valence-electron chi connectivity index (χ3n) is 4.80. The molecule has 0 bridgehead atoms. The first-order valence-electron chi connectivity index (χ1n) is 8.24. The molecule has 2 aliphatic rings. The zero-order chi connectivity index (χ0) is 18.0. The third kappa shape index (κ3) is 3.62. The Bertz CT molecular complexity index is 670. The van der Waals surface area contributed by atoms with Crippen LogP contribution in [-0.2, 0) is 9.59 Å². The molecule has 1 aromatic carbocycles. The van der Waals surface area contributed by atoms with Crippen LogP contribution < -0.4 is 10.9 Å². The highest BCUT2D eigenvalue weighted by Gasteiger charge is 2.37. The summed E-state index contributed by atoms with van der Waals surface area (Å²) in [6.45, 7) is 4.19. The maximum absolute atomic E-state index is 12.9. The molecule has 9 heteroatoms. The Morgan fingerprint density at radius 2 is 1.72 bits per heavy atom. The minimum Gasteiger partial charge on any atom is -0.339 e. The van der Waals surface area contributed by atoms with E-state index in [1.165, 1.54) is 19.1 Å². The van der Waals surface area contributed by atoms with Gasteiger partial charge in [0, 0.05) is 51.8 Å². The van der Waals surface area contributed by atoms with Gasteiger partial charge in [0.25, 0.3) is 5.69 Å². The largest absolute Gasteiger partial charge is 0.339 e. The first kappa shape index (κ1) is 17.3. The van der Waals surface area contributed by atoms with Gasteiger partial charge in [0.05, 0.1) is 16.9 Å². The van der Waals surface area contributed by atoms with E-state index in [1.807, 2.05) is 0 Å². The van der Waals surface area contributed by atoms with Crippen molar-refractivity contribution < 1.29 is 14.5 Å². The first-order valence-corrected chi connectivity index (χ1v) is 8.24. The van der Waals surface area contributed by atoms with Crippen molar-refractivity contribution in [1.82, 2.24) is 20.7 Å². The molecule has 2 N–H and O–H groups in total. The normalized spacial score (nSPS) is 23.6. The van der Waals surface area contributed by atoms with Crippen LogP contribution in [0.25, 0.3) is 0 Å². The lowest BCUT2D eigenvalue weighted by molar-refractivity contribution is -0.384. The number of carbonyl (C=O) groups excluding carboxylic acids is 2. The average Bonchev–Trinajstić information content (AvgIpc) is 3.11. The van der Waals surface area contributed by atoms with E-state index in [0.29, 0.717) is 32.7 Å². The maximum Gasteiger partial charge on any atom is 0.269 e. The van der Waals surface area contributed by atoms with Crippen LogP contribution in [0.4, 0.5) is 5.69 Å². The van der Waals surface area contributed by atoms with Gasteiger partial charge in [0.2, 0.25) is 11.8 Å². The highest BCUT2D eigenvalue weighted by Crippen LogP contribution is 2.28. The average molecular weight is 347 g/mol. The van der Waals surface area contributed by atoms with Crippen LogP contribution in [0.15, 0.2) is 24.3 Å². The molecule has 25 heavy (non-hydrogen) atoms. The standard InChI is InChI=1S/C16H21N5O4/c1-11(22)19-6-8-20(9-7-19)16(23)14-10-17-18-15(14)12-2-4-13(5-3-12)21(24)25/h2-5,14-15,17-18H,6-10H2,1H3. The van der Waals surface area contributed by atoms with Gasteiger partial charge in [0.15, 0.2) is 0 Å². The minimum atomic E-state index is -0.443. The number of nitrogens with one attached hydrogen (secondary N) is 2. The molecule has 1 aromatic rings. The molecule has 2 saturated heterocycles. The molecule has 0 spiro atoms. The molecule has 2 heterocycles. The van der Waals surface area contributed by atoms with Crippen molar-refractivity contribution in [2.75, 3.05) is 32.7 Å². The lowest BCUT2D eigenvalue weighted by Gasteiger charge is -2.36. The van der Waals surface area contributed by atoms with E-state index in [9.17, 15) is 19.7 Å². The Hall–Kier alpha value is -2.52. The van der Waals surface area contributed by atoms with Crippen molar-refractivity contribution in [3.63, 3.8) is 0 Å². The summed E-state index contributed by atoms with van der Waals surface area (Å²) in [5.74, 6) is -0.227. The van der Waals surface area contributed by atoms with Gasteiger partial charge >= 0.3 is 0 Å². The quantitative estimate of drug-likeness (QED) is 0.591. The third-order valence-corrected chi connectivity index (χ3v) is 4.80. The number of hydrogen-bond donors (Lipinski definition) is 2. The van der Waals surface area contributed by atoms with Crippen LogP contribution >= 0.6 is 0 Å². The number of non-ortho nitro benzene ring substituents is 1. The van der Waals surface area contributed by atoms with Crippen LogP contribution in [0.1, 0.15) is 18.5 Å². The SMILES string of the molecule is CC(=O)N1CCN(C(=O)C2CNNC2c2ccc([N+](=O)[O-])cc2)CC1. The first-order chi connectivity index (χ1) is 12.0. The van der Waals surface area contributed by atoms with Crippen molar-refractivity contribution in [3.05, 3.63) is 39.9 Å². The van der Waals surface area contributed by atoms with Crippen LogP contribution in [-0.4, -0.2) is 59.3 Å². The number of amides is 2. The van der Waals surface area contributed by atoms with Crippen LogP contribution in [0.5, 0.6) is 0 Å². The van der Waals surface area contributed by atoms with Crippen LogP contribution in [0.3, 0.4) is 0 Å². The summed E-state index contributed by atoms with van der Waals surface area (Å²) in [6.07, 6.45) is 0. The molecule has 3 rings (SSSR count). The highest BCUT2D eigenvalue weighted by atomic mass is 16.6. The molecular formula is C16H21N5O4. The molecule has 0 aliphatic carbocycles. The summed E-state index contributed by atoms with van der Waals surface area (Å²) >= 11 is 0. The number of nitro benzene ring substituents is 1. The van der Waals surface area contributed by atoms with Crippen molar-refractivity contribution in [1.29, 1.82) is 0 Å². The summed E-state index contributed by atoms with van der Waals surface area (Å²) in [5.41, 5.74) is 6.95. The van der Waals surface area contributed by atoms with Crippen molar-refractivity contribution >= 4 is 17.5 Å². The number of hydrazine groups is 1. The molecule has 134 valence electrons. The van der Waals surface area contributed by atoms with Gasteiger partial charge in [0.1, 0.15) is 0 Å². The molecule has 0 aromatic heterocycles. The van der Waals surface area contributed by atoms with Gasteiger partial charge in [-0.05, 0) is 5.56 Å². The Labute approximate surface area is 145 Å². The Morgan fingerprint density at radius 3 is 2.28 bits per heavy atom. The Balaban J connectivity index is 1.68. The van der Waals surface area contributed by atoms with Crippen molar-refractivity contribution in [2.24, 2.45) is 5.92 Å². The van der Waals surface area contributed by atoms with Gasteiger partial charge in [-0.25, -0.2) is 5.43 Å². The molecule has 2 fully saturated rings. The molecule has 0 radical (unpaired) electrons. The van der Waals surface area contributed by atoms with Gasteiger partial charge in [-0.2, -0.15) is 0 Å². The fourth-order valence-electron chi connectivity index (χ4n) is 3.32. The lowest BCUT2D eigenvalue weighted by Crippen LogP contribution is -2.52. The van der Waals surface area contributed by atoms with Gasteiger partial charge in [-0.1, -0.05) is 12.1 Å². The number of benzene rings is 1. The van der Waals surface area contributed by atoms with Crippen molar-refractivity contribution in [3.8, 4) is 0 Å². The van der Waals surface area contributed by atoms with Crippen LogP contribution in [0.2, 0.25) is 0 Å². The second-order valence-electron chi connectivity index (χ2n) is 6.29. The number of rotatable bonds is 3. The van der Waals surface area contributed by atoms with E-state index < -0.39 is 4.92 Å². The summed E-state index contributed by atoms with van der Waals surface area (Å²) < 4.78 is 0. The van der Waals surface area contributed by atoms with E-state index in [0.717, 1.165) is 5.56 Å². The van der Waals surface area contributed by atoms with E-state index in [4.69, 9.17) is 0 Å². The number of carbonyl (C=O) groups is 2. The zero-order valence-corrected chi connectivity index (χ0v) is 14.0. The summed E-state index contributed by atoms with van der Waals surface area (Å²) in [5, 5.41) is 10.8. The van der Waals surface area contributed by atoms with Gasteiger partial charge in [-0.3, -0.25) is 25.1 Å². The summed E-state index contributed by atoms with van der Waals surface area (Å²) in [4.78, 5) is 38.1. The van der Waals surface area contributed by atoms with E-state index >= 15 is 0 Å². The zero-order valence-electron chi connectivity index (χ0n) is 14.0. The molecule has 2 aliphatic heterocycles. The van der Waals surface area contributed by atoms with Crippen LogP contribution in [0, 0.1) is 16.0 Å². The molecule has 2 amide bonds. The predicted molar refractivity (Wildman–Crippen MR) is 89.3 cm³/mol. The van der Waals surface area contributed by atoms with Crippen molar-refractivity contribution in [2.45, 2.75) is 13.0 Å². The lowest BCUT2D eigenvalue weighted by atomic mass is 9.93. The number of hydrogen-bond acceptors (Lipinski definition) is 6. The number of piperazine rings is 1. The fourth-order valence-corrected chi connectivity index (χ4v) is 3.32. The van der Waals surface area contributed by atoms with Gasteiger partial charge < -0.3 is 9.80 Å². The van der Waals surface area contributed by atoms with E-state index in [2.05, 4.69) is 10.9 Å². The predicted octanol–water partition coefficient (Wildman–Crippen LogP) is 0.0506. The molecule has 0 saturated carbocycles. The molecule has 2 atom stereocenters. The highest BCUT2D eigenvalue weighted by molar-refractivity contribution is 5.81. The summed E-state index contributed by atoms with van der Waals surface area (Å²) in [6, 6.07) is 6.01. The second-order valence-corrected chi connectivity index (χ2v) is 6.29. The second kappa shape index (κ2) is 7.16. The minimum absolute atomic E-state index is 0.0259. The fraction of sp³-hybridized carbons (Fsp3) is 0.500. The Kier molecular flexibility index (Phi) is 4.95. The monoisotopic (exact) mass is 347 g/mol. The van der Waals surface area contributed by atoms with E-state index in [1.54, 1.807) is 21.9 Å². The smallest absolute Gasteiger partial charge is 0.269 e. The molecule has 9 nitrogen and oxygen atoms in total. The summed E-state index contributed by atoms with van der Waals surface area (Å²) in [7, 11) is 0.